The second-order valence-corrected chi connectivity index (χ2v) is 40.7. The number of ether oxygens (including phenoxy) is 10. The van der Waals surface area contributed by atoms with Crippen molar-refractivity contribution >= 4 is 57.3 Å². The molecule has 2 amide bonds. The minimum Gasteiger partial charge on any atom is -0.477 e. The number of carboxylic acid groups (broad SMARTS) is 2. The van der Waals surface area contributed by atoms with E-state index < -0.39 is 268 Å². The lowest BCUT2D eigenvalue weighted by Crippen LogP contribution is -2.69. The largest absolute Gasteiger partial charge is 0.477 e. The molecule has 42 heteroatoms. The third-order valence-corrected chi connectivity index (χ3v) is 27.1. The molecule has 138 heavy (non-hydrogen) atoms. The molecule has 0 bridgehead atoms. The Morgan fingerprint density at radius 3 is 1.17 bits per heavy atom. The first-order valence-corrected chi connectivity index (χ1v) is 55.0. The van der Waals surface area contributed by atoms with E-state index in [9.17, 15) is 124 Å². The zero-order chi connectivity index (χ0) is 102. The molecule has 0 saturated carbocycles. The van der Waals surface area contributed by atoms with Crippen molar-refractivity contribution in [2.24, 2.45) is 0 Å². The van der Waals surface area contributed by atoms with Crippen molar-refractivity contribution in [1.82, 2.24) is 10.6 Å². The second-order valence-electron chi connectivity index (χ2n) is 38.3. The number of phosphoric acid groups is 2. The quantitative estimate of drug-likeness (QED) is 0.0116. The molecule has 0 aromatic heterocycles. The number of unbranched alkanes of at least 4 members (excludes halogenated alkanes) is 40. The van der Waals surface area contributed by atoms with Crippen LogP contribution in [0.3, 0.4) is 0 Å². The summed E-state index contributed by atoms with van der Waals surface area (Å²) in [5.74, 6) is -16.7. The summed E-state index contributed by atoms with van der Waals surface area (Å²) in [5, 5.41) is 151. The maximum Gasteiger partial charge on any atom is 0.472 e. The average Bonchev–Trinajstić information content (AvgIpc) is 0.751. The maximum atomic E-state index is 15.5. The first kappa shape index (κ1) is 126. The number of rotatable bonds is 81. The molecule has 4 aliphatic rings. The van der Waals surface area contributed by atoms with E-state index in [2.05, 4.69) is 45.3 Å². The molecular weight excluding hydrogens is 1850 g/mol. The number of carbonyl (C=O) groups is 7. The molecule has 0 radical (unpaired) electrons. The monoisotopic (exact) mass is 2030 g/mol. The number of nitrogens with one attached hydrogen (secondary N) is 2. The Balaban J connectivity index is 2.02. The van der Waals surface area contributed by atoms with Crippen molar-refractivity contribution in [3.63, 3.8) is 0 Å². The molecule has 808 valence electrons. The van der Waals surface area contributed by atoms with Crippen molar-refractivity contribution in [3.8, 4) is 0 Å². The molecule has 0 aromatic carbocycles. The molecular formula is C96H176N2O38P2. The van der Waals surface area contributed by atoms with E-state index in [1.54, 1.807) is 0 Å². The van der Waals surface area contributed by atoms with Gasteiger partial charge in [-0.15, -0.1) is 0 Å². The minimum absolute atomic E-state index is 0.0175. The summed E-state index contributed by atoms with van der Waals surface area (Å²) in [7, 11) is -12.0. The predicted octanol–water partition coefficient (Wildman–Crippen LogP) is 10.7. The zero-order valence-electron chi connectivity index (χ0n) is 82.7. The Kier molecular flexibility index (Phi) is 64.5. The molecule has 24 atom stereocenters. The summed E-state index contributed by atoms with van der Waals surface area (Å²) >= 11 is 0. The average molecular weight is 2030 g/mol. The van der Waals surface area contributed by atoms with Gasteiger partial charge in [-0.05, 0) is 38.5 Å². The molecule has 0 aromatic rings. The van der Waals surface area contributed by atoms with Gasteiger partial charge in [-0.3, -0.25) is 33.0 Å². The first-order chi connectivity index (χ1) is 65.8. The summed E-state index contributed by atoms with van der Waals surface area (Å²) in [4.78, 5) is 144. The van der Waals surface area contributed by atoms with Crippen LogP contribution in [0, 0.1) is 0 Å². The van der Waals surface area contributed by atoms with Crippen molar-refractivity contribution in [2.45, 2.75) is 540 Å². The van der Waals surface area contributed by atoms with Crippen LogP contribution in [0.5, 0.6) is 0 Å². The van der Waals surface area contributed by atoms with Gasteiger partial charge in [0.1, 0.15) is 79.2 Å². The predicted molar refractivity (Wildman–Crippen MR) is 503 cm³/mol. The van der Waals surface area contributed by atoms with Crippen LogP contribution >= 0.6 is 15.6 Å². The summed E-state index contributed by atoms with van der Waals surface area (Å²) in [5.41, 5.74) is 0. The van der Waals surface area contributed by atoms with E-state index >= 15 is 4.79 Å². The molecule has 19 N–H and O–H groups in total. The van der Waals surface area contributed by atoms with E-state index in [0.29, 0.717) is 64.2 Å². The number of hydrogen-bond acceptors (Lipinski definition) is 32. The van der Waals surface area contributed by atoms with Crippen molar-refractivity contribution in [1.29, 1.82) is 0 Å². The number of carboxylic acids is 2. The molecule has 0 aliphatic carbocycles. The lowest BCUT2D eigenvalue weighted by Gasteiger charge is -2.50. The van der Waals surface area contributed by atoms with Gasteiger partial charge in [-0.1, -0.05) is 311 Å². The number of hydrogen-bond donors (Lipinski definition) is 19. The molecule has 4 saturated heterocycles. The number of carbonyl (C=O) groups excluding carboxylic acids is 5. The molecule has 4 fully saturated rings. The van der Waals surface area contributed by atoms with Crippen LogP contribution in [0.25, 0.3) is 0 Å². The fourth-order valence-corrected chi connectivity index (χ4v) is 19.2. The van der Waals surface area contributed by atoms with E-state index in [-0.39, 0.29) is 32.1 Å². The Hall–Kier alpha value is -4.21. The lowest BCUT2D eigenvalue weighted by molar-refractivity contribution is -0.378. The van der Waals surface area contributed by atoms with Crippen molar-refractivity contribution in [3.05, 3.63) is 0 Å². The Labute approximate surface area is 816 Å². The van der Waals surface area contributed by atoms with Crippen LogP contribution < -0.4 is 10.6 Å². The SMILES string of the molecule is CCCCCCCCCCCC(=O)OC(CCCCCCCCCCC)CC(=O)N[C@H]1[C@H](OC[C@H]2O[C@H](OP(=O)(O)O)[C@H](NC(=O)CC(O)CCCCCCCCCCC)[C@@H](OC(=O)CC(O)CCCCCCCCCCC)[C@@H]2O)O[C@H](CO[C@]2(C(=O)O)C[C@@H](O[C@]3(C(=O)O)C[C@@H](O)[C@@H](O)[C@@H]([C@H](O)CO)O3)[C@@H](O)[C@@H]([C@H](O)CO)O2)[C@@H](OP(=O)(O)O)[C@@H]1OC(=O)CC(O)CCCCCCCCCCC. The smallest absolute Gasteiger partial charge is 0.472 e. The highest BCUT2D eigenvalue weighted by Gasteiger charge is 2.63. The van der Waals surface area contributed by atoms with E-state index in [0.717, 1.165) is 225 Å². The number of aliphatic hydroxyl groups is 11. The number of amides is 2. The summed E-state index contributed by atoms with van der Waals surface area (Å²) < 4.78 is 98.4. The van der Waals surface area contributed by atoms with Crippen LogP contribution in [0.15, 0.2) is 0 Å². The van der Waals surface area contributed by atoms with Crippen LogP contribution in [0.1, 0.15) is 394 Å². The highest BCUT2D eigenvalue weighted by atomic mass is 31.2. The van der Waals surface area contributed by atoms with Gasteiger partial charge >= 0.3 is 45.5 Å². The lowest BCUT2D eigenvalue weighted by atomic mass is 9.90. The Morgan fingerprint density at radius 1 is 0.391 bits per heavy atom. The van der Waals surface area contributed by atoms with E-state index in [1.807, 2.05) is 0 Å². The molecule has 4 heterocycles. The molecule has 4 rings (SSSR count). The van der Waals surface area contributed by atoms with Gasteiger partial charge < -0.3 is 144 Å². The zero-order valence-corrected chi connectivity index (χ0v) is 84.5. The maximum absolute atomic E-state index is 15.5. The normalized spacial score (nSPS) is 26.7. The third kappa shape index (κ3) is 49.8. The molecule has 40 nitrogen and oxygen atoms in total. The topological polar surface area (TPSA) is 632 Å². The highest BCUT2D eigenvalue weighted by Crippen LogP contribution is 2.47. The Bertz CT molecular complexity index is 3410. The fraction of sp³-hybridized carbons (Fsp3) is 0.927. The number of phosphoric ester groups is 2. The van der Waals surface area contributed by atoms with Crippen LogP contribution in [0.2, 0.25) is 0 Å². The van der Waals surface area contributed by atoms with Gasteiger partial charge in [0.05, 0.1) is 82.6 Å². The van der Waals surface area contributed by atoms with E-state index in [1.165, 1.54) is 0 Å². The molecule has 0 spiro atoms. The van der Waals surface area contributed by atoms with Crippen LogP contribution in [-0.2, 0) is 99.1 Å². The minimum atomic E-state index is -6.15. The highest BCUT2D eigenvalue weighted by molar-refractivity contribution is 7.46. The first-order valence-electron chi connectivity index (χ1n) is 51.9. The van der Waals surface area contributed by atoms with Crippen molar-refractivity contribution in [2.75, 3.05) is 26.4 Å². The molecule has 4 unspecified atom stereocenters. The number of aliphatic hydroxyl groups excluding tert-OH is 11. The standard InChI is InChI=1S/C96H176N2O38P2/c1-6-11-16-21-26-31-36-41-46-51-66(101)56-76(107)97-81-89(130-79(110)57-67(102)52-47-42-37-32-27-22-17-12-7-2)85(114)74(128-92(81)136-138(122,123)124)64-125-91-82(98-77(108)59-69(54-49-44-39-34-29-24-19-14-9-4)127-78(109)55-50-45-40-35-30-25-20-15-10-5)90(131-80(111)58-68(103)53-48-43-38-33-28-23-18-13-8-3)88(135-137(119,120)121)75(129-91)65-126-95(93(115)116)61-73(84(113)87(133-95)72(106)63-100)132-96(94(117)118)60-70(104)83(112)86(134-96)71(105)62-99/h66-75,81-92,99-106,112-114H,6-65H2,1-5H3,(H,97,107)(H,98,108)(H,115,116)(H,117,118)(H2,119,120,121)(H2,122,123,124)/t66?,67?,68?,69?,70-,71-,72-,73-,74-,75-,81-,82-,83-,84-,85-,86-,87-,88-,89-,90-,91-,92-,95-,96-/m1/s1. The van der Waals surface area contributed by atoms with Crippen LogP contribution in [0.4, 0.5) is 0 Å². The third-order valence-electron chi connectivity index (χ3n) is 26.1. The summed E-state index contributed by atoms with van der Waals surface area (Å²) in [6.07, 6.45) is -8.18. The van der Waals surface area contributed by atoms with Gasteiger partial charge in [0.25, 0.3) is 11.6 Å². The van der Waals surface area contributed by atoms with Gasteiger partial charge in [0.2, 0.25) is 11.8 Å². The summed E-state index contributed by atoms with van der Waals surface area (Å²) in [6, 6.07) is -4.40. The van der Waals surface area contributed by atoms with Crippen molar-refractivity contribution < 1.29 is 185 Å². The van der Waals surface area contributed by atoms with Gasteiger partial charge in [0, 0.05) is 19.3 Å². The van der Waals surface area contributed by atoms with E-state index in [4.69, 9.17) is 56.4 Å². The molecule has 4 aliphatic heterocycles. The van der Waals surface area contributed by atoms with Gasteiger partial charge in [-0.25, -0.2) is 18.7 Å². The van der Waals surface area contributed by atoms with Gasteiger partial charge in [0.15, 0.2) is 24.8 Å². The number of aliphatic carboxylic acids is 2. The van der Waals surface area contributed by atoms with Gasteiger partial charge in [-0.2, -0.15) is 0 Å². The second kappa shape index (κ2) is 70.6. The fourth-order valence-electron chi connectivity index (χ4n) is 18.1. The number of esters is 3. The Morgan fingerprint density at radius 2 is 0.754 bits per heavy atom. The van der Waals surface area contributed by atoms with Crippen LogP contribution in [-0.4, -0.2) is 300 Å². The summed E-state index contributed by atoms with van der Waals surface area (Å²) in [6.45, 7) is 5.12.